The minimum absolute atomic E-state index is 0.127. The smallest absolute Gasteiger partial charge is 0.382 e. The highest BCUT2D eigenvalue weighted by Crippen LogP contribution is 2.59. The van der Waals surface area contributed by atoms with Gasteiger partial charge in [0.05, 0.1) is 16.7 Å². The van der Waals surface area contributed by atoms with Crippen LogP contribution < -0.4 is 5.73 Å². The molecule has 2 fully saturated rings. The number of H-pyrrole nitrogens is 2. The minimum Gasteiger partial charge on any atom is -0.382 e. The highest BCUT2D eigenvalue weighted by Gasteiger charge is 2.69. The molecule has 4 heterocycles. The van der Waals surface area contributed by atoms with Gasteiger partial charge in [-0.25, -0.2) is 9.97 Å². The zero-order chi connectivity index (χ0) is 23.7. The van der Waals surface area contributed by atoms with Crippen molar-refractivity contribution in [3.8, 4) is 11.3 Å². The number of nitrogens with one attached hydrogen (secondary N) is 2. The van der Waals surface area contributed by atoms with E-state index in [0.717, 1.165) is 22.2 Å². The van der Waals surface area contributed by atoms with Crippen LogP contribution in [0.15, 0.2) is 30.5 Å². The average Bonchev–Trinajstić information content (AvgIpc) is 3.15. The van der Waals surface area contributed by atoms with Gasteiger partial charge in [0.25, 0.3) is 0 Å². The Morgan fingerprint density at radius 1 is 1.24 bits per heavy atom. The maximum absolute atomic E-state index is 13.5. The molecule has 1 aliphatic carbocycles. The van der Waals surface area contributed by atoms with Crippen LogP contribution in [0.5, 0.6) is 0 Å². The number of carbonyl (C=O) groups excluding carboxylic acids is 1. The van der Waals surface area contributed by atoms with Crippen molar-refractivity contribution in [1.82, 2.24) is 30.0 Å². The summed E-state index contributed by atoms with van der Waals surface area (Å²) >= 11 is 0. The van der Waals surface area contributed by atoms with Gasteiger partial charge in [0.15, 0.2) is 5.82 Å². The number of halogens is 3. The van der Waals surface area contributed by atoms with Crippen molar-refractivity contribution in [1.29, 1.82) is 0 Å². The molecule has 11 heteroatoms. The molecular formula is C23H22F3N7O. The van der Waals surface area contributed by atoms with E-state index in [1.165, 1.54) is 4.90 Å². The molecule has 4 aromatic rings. The predicted molar refractivity (Wildman–Crippen MR) is 120 cm³/mol. The van der Waals surface area contributed by atoms with Gasteiger partial charge in [0.2, 0.25) is 5.91 Å². The van der Waals surface area contributed by atoms with E-state index in [4.69, 9.17) is 5.73 Å². The van der Waals surface area contributed by atoms with E-state index in [-0.39, 0.29) is 24.7 Å². The molecule has 1 atom stereocenters. The Labute approximate surface area is 191 Å². The van der Waals surface area contributed by atoms with Crippen molar-refractivity contribution in [2.45, 2.75) is 44.3 Å². The lowest BCUT2D eigenvalue weighted by Crippen LogP contribution is -2.46. The average molecular weight is 469 g/mol. The van der Waals surface area contributed by atoms with Crippen LogP contribution in [0, 0.1) is 5.41 Å². The van der Waals surface area contributed by atoms with Crippen LogP contribution in [0.3, 0.4) is 0 Å². The second kappa shape index (κ2) is 7.18. The summed E-state index contributed by atoms with van der Waals surface area (Å²) in [7, 11) is 0. The number of pyridine rings is 1. The number of amides is 1. The fourth-order valence-electron chi connectivity index (χ4n) is 5.05. The minimum atomic E-state index is -4.51. The molecule has 1 aromatic carbocycles. The molecule has 2 aliphatic rings. The van der Waals surface area contributed by atoms with Crippen LogP contribution in [-0.4, -0.2) is 54.7 Å². The van der Waals surface area contributed by atoms with Crippen LogP contribution >= 0.6 is 0 Å². The number of nitrogen functional groups attached to an aromatic ring is 1. The fraction of sp³-hybridized carbons (Fsp3) is 0.391. The van der Waals surface area contributed by atoms with Crippen LogP contribution in [0.1, 0.15) is 31.5 Å². The summed E-state index contributed by atoms with van der Waals surface area (Å²) in [5.74, 6) is 0.0441. The van der Waals surface area contributed by atoms with Gasteiger partial charge in [-0.15, -0.1) is 0 Å². The van der Waals surface area contributed by atoms with E-state index in [2.05, 4.69) is 25.1 Å². The van der Waals surface area contributed by atoms with Crippen LogP contribution in [-0.2, 0) is 11.2 Å². The third-order valence-corrected chi connectivity index (χ3v) is 7.07. The molecule has 176 valence electrons. The molecule has 3 aromatic heterocycles. The normalized spacial score (nSPS) is 19.9. The van der Waals surface area contributed by atoms with Crippen molar-refractivity contribution >= 4 is 33.7 Å². The van der Waals surface area contributed by atoms with Gasteiger partial charge in [-0.2, -0.15) is 18.3 Å². The van der Waals surface area contributed by atoms with Crippen molar-refractivity contribution in [3.63, 3.8) is 0 Å². The Kier molecular flexibility index (Phi) is 4.42. The van der Waals surface area contributed by atoms with E-state index in [0.29, 0.717) is 42.7 Å². The second-order valence-electron chi connectivity index (χ2n) is 9.17. The third-order valence-electron chi connectivity index (χ3n) is 7.07. The molecule has 34 heavy (non-hydrogen) atoms. The number of hydrogen-bond donors (Lipinski definition) is 3. The number of anilines is 1. The largest absolute Gasteiger partial charge is 0.403 e. The Morgan fingerprint density at radius 2 is 2.06 bits per heavy atom. The number of nitrogens with two attached hydrogens (primary N) is 1. The first-order valence-corrected chi connectivity index (χ1v) is 11.2. The Bertz CT molecular complexity index is 1410. The number of likely N-dealkylation sites (tertiary alicyclic amines) is 1. The van der Waals surface area contributed by atoms with Crippen LogP contribution in [0.25, 0.3) is 33.2 Å². The summed E-state index contributed by atoms with van der Waals surface area (Å²) in [5.41, 5.74) is 7.58. The number of nitrogens with zero attached hydrogens (tertiary/aromatic N) is 4. The number of aromatic nitrogens is 5. The summed E-state index contributed by atoms with van der Waals surface area (Å²) in [6.07, 6.45) is -1.38. The molecule has 6 rings (SSSR count). The molecule has 1 aliphatic heterocycles. The summed E-state index contributed by atoms with van der Waals surface area (Å²) in [5, 5.41) is 7.81. The van der Waals surface area contributed by atoms with Crippen LogP contribution in [0.2, 0.25) is 0 Å². The van der Waals surface area contributed by atoms with Crippen molar-refractivity contribution < 1.29 is 18.0 Å². The number of alkyl halides is 3. The van der Waals surface area contributed by atoms with Gasteiger partial charge >= 0.3 is 6.18 Å². The number of fused-ring (bicyclic) bond motifs is 3. The first kappa shape index (κ1) is 20.9. The lowest BCUT2D eigenvalue weighted by atomic mass is 10.0. The maximum atomic E-state index is 13.5. The molecule has 1 saturated heterocycles. The highest BCUT2D eigenvalue weighted by molar-refractivity contribution is 6.07. The monoisotopic (exact) mass is 469 g/mol. The van der Waals surface area contributed by atoms with E-state index in [1.54, 1.807) is 6.20 Å². The van der Waals surface area contributed by atoms with Crippen molar-refractivity contribution in [3.05, 3.63) is 36.3 Å². The molecule has 0 radical (unpaired) electrons. The first-order valence-electron chi connectivity index (χ1n) is 11.2. The summed E-state index contributed by atoms with van der Waals surface area (Å²) in [4.78, 5) is 26.6. The second-order valence-corrected chi connectivity index (χ2v) is 9.17. The zero-order valence-corrected chi connectivity index (χ0v) is 18.1. The van der Waals surface area contributed by atoms with Gasteiger partial charge in [0.1, 0.15) is 16.8 Å². The van der Waals surface area contributed by atoms with E-state index >= 15 is 0 Å². The van der Waals surface area contributed by atoms with Crippen molar-refractivity contribution in [2.75, 3.05) is 12.3 Å². The van der Waals surface area contributed by atoms with E-state index < -0.39 is 17.5 Å². The molecule has 0 spiro atoms. The first-order chi connectivity index (χ1) is 16.3. The lowest BCUT2D eigenvalue weighted by Gasteiger charge is -2.29. The van der Waals surface area contributed by atoms with Gasteiger partial charge < -0.3 is 15.6 Å². The number of benzene rings is 1. The lowest BCUT2D eigenvalue weighted by molar-refractivity contribution is -0.199. The van der Waals surface area contributed by atoms with E-state index in [1.807, 2.05) is 24.3 Å². The van der Waals surface area contributed by atoms with Gasteiger partial charge in [0, 0.05) is 36.2 Å². The molecule has 1 amide bonds. The molecular weight excluding hydrogens is 447 g/mol. The highest BCUT2D eigenvalue weighted by atomic mass is 19.4. The quantitative estimate of drug-likeness (QED) is 0.418. The molecule has 0 unspecified atom stereocenters. The Morgan fingerprint density at radius 3 is 2.76 bits per heavy atom. The maximum Gasteiger partial charge on any atom is 0.403 e. The number of hydrogen-bond acceptors (Lipinski definition) is 5. The summed E-state index contributed by atoms with van der Waals surface area (Å²) in [6.45, 7) is 0.337. The Hall–Kier alpha value is -3.63. The number of carbonyl (C=O) groups is 1. The summed E-state index contributed by atoms with van der Waals surface area (Å²) < 4.78 is 40.5. The standard InChI is InChI=1S/C23H22F3N7O/c24-23(25,26)22(6-7-22)21(34)33-9-1-2-13(33)11-17-30-18-14-4-3-12(15-5-8-28-32-15)10-16(14)29-20(27)19(18)31-17/h3-5,8,10,13H,1-2,6-7,9,11H2,(H2,27,29)(H,28,32)(H,30,31)/t13-/m1/s1. The molecule has 4 N–H and O–H groups in total. The third kappa shape index (κ3) is 3.13. The fourth-order valence-corrected chi connectivity index (χ4v) is 5.05. The van der Waals surface area contributed by atoms with Gasteiger partial charge in [-0.05, 0) is 43.9 Å². The zero-order valence-electron chi connectivity index (χ0n) is 18.1. The number of imidazole rings is 1. The topological polar surface area (TPSA) is 117 Å². The number of aromatic amines is 2. The van der Waals surface area contributed by atoms with E-state index in [9.17, 15) is 18.0 Å². The SMILES string of the molecule is Nc1nc2cc(-c3cc[nH]n3)ccc2c2[nH]c(C[C@H]3CCCN3C(=O)C3(C(F)(F)F)CC3)nc12. The van der Waals surface area contributed by atoms with Crippen molar-refractivity contribution in [2.24, 2.45) is 5.41 Å². The summed E-state index contributed by atoms with van der Waals surface area (Å²) in [6, 6.07) is 7.27. The molecule has 8 nitrogen and oxygen atoms in total. The predicted octanol–water partition coefficient (Wildman–Crippen LogP) is 3.96. The molecule has 0 bridgehead atoms. The molecule has 1 saturated carbocycles. The Balaban J connectivity index is 1.32. The van der Waals surface area contributed by atoms with Gasteiger partial charge in [-0.1, -0.05) is 6.07 Å². The van der Waals surface area contributed by atoms with Gasteiger partial charge in [-0.3, -0.25) is 9.89 Å². The number of rotatable bonds is 4. The van der Waals surface area contributed by atoms with Crippen LogP contribution in [0.4, 0.5) is 19.0 Å².